The van der Waals surface area contributed by atoms with Gasteiger partial charge < -0.3 is 23.4 Å². The summed E-state index contributed by atoms with van der Waals surface area (Å²) in [6, 6.07) is 8.80. The van der Waals surface area contributed by atoms with Crippen LogP contribution in [0.2, 0.25) is 19.6 Å². The molecular weight excluding hydrogens is 604 g/mol. The van der Waals surface area contributed by atoms with Crippen molar-refractivity contribution in [3.63, 3.8) is 0 Å². The van der Waals surface area contributed by atoms with E-state index in [2.05, 4.69) is 26.6 Å². The summed E-state index contributed by atoms with van der Waals surface area (Å²) in [4.78, 5) is 55.1. The molecule has 0 aromatic heterocycles. The third-order valence-electron chi connectivity index (χ3n) is 11.8. The van der Waals surface area contributed by atoms with Gasteiger partial charge in [0, 0.05) is 35.7 Å². The van der Waals surface area contributed by atoms with Crippen LogP contribution in [-0.4, -0.2) is 68.6 Å². The summed E-state index contributed by atoms with van der Waals surface area (Å²) in [5.74, 6) is -2.93. The van der Waals surface area contributed by atoms with Gasteiger partial charge in [-0.05, 0) is 63.0 Å². The zero-order chi connectivity index (χ0) is 34.2. The fraction of sp³-hybridized carbons (Fsp3) is 0.667. The number of rotatable bonds is 6. The summed E-state index contributed by atoms with van der Waals surface area (Å²) in [6.45, 7) is 21.0. The number of esters is 3. The molecule has 2 bridgehead atoms. The molecule has 9 nitrogen and oxygen atoms in total. The Morgan fingerprint density at radius 3 is 2.11 bits per heavy atom. The van der Waals surface area contributed by atoms with E-state index in [1.54, 1.807) is 24.3 Å². The molecule has 0 N–H and O–H groups in total. The number of carbonyl (C=O) groups is 4. The first-order chi connectivity index (χ1) is 21.2. The molecule has 3 fully saturated rings. The van der Waals surface area contributed by atoms with Crippen molar-refractivity contribution in [2.45, 2.75) is 118 Å². The van der Waals surface area contributed by atoms with Crippen molar-refractivity contribution in [1.82, 2.24) is 0 Å². The van der Waals surface area contributed by atoms with Crippen molar-refractivity contribution in [2.24, 2.45) is 28.1 Å². The minimum Gasteiger partial charge on any atom is -0.458 e. The van der Waals surface area contributed by atoms with Crippen LogP contribution in [0.3, 0.4) is 0 Å². The van der Waals surface area contributed by atoms with E-state index >= 15 is 4.79 Å². The molecule has 2 unspecified atom stereocenters. The van der Waals surface area contributed by atoms with Gasteiger partial charge >= 0.3 is 17.9 Å². The minimum atomic E-state index is -2.15. The highest BCUT2D eigenvalue weighted by Gasteiger charge is 2.77. The van der Waals surface area contributed by atoms with Crippen LogP contribution in [-0.2, 0) is 37.8 Å². The van der Waals surface area contributed by atoms with E-state index in [0.29, 0.717) is 24.0 Å². The van der Waals surface area contributed by atoms with Gasteiger partial charge in [0.1, 0.15) is 12.2 Å². The molecule has 0 spiro atoms. The lowest BCUT2D eigenvalue weighted by Gasteiger charge is -2.69. The molecule has 0 radical (unpaired) electrons. The van der Waals surface area contributed by atoms with Crippen molar-refractivity contribution in [1.29, 1.82) is 0 Å². The lowest BCUT2D eigenvalue weighted by molar-refractivity contribution is -0.346. The summed E-state index contributed by atoms with van der Waals surface area (Å²) in [7, 11) is -2.15. The Morgan fingerprint density at radius 1 is 0.957 bits per heavy atom. The predicted molar refractivity (Wildman–Crippen MR) is 173 cm³/mol. The Labute approximate surface area is 273 Å². The van der Waals surface area contributed by atoms with Gasteiger partial charge in [-0.3, -0.25) is 14.4 Å². The Kier molecular flexibility index (Phi) is 8.56. The van der Waals surface area contributed by atoms with E-state index in [4.69, 9.17) is 23.4 Å². The highest BCUT2D eigenvalue weighted by Crippen LogP contribution is 2.68. The summed E-state index contributed by atoms with van der Waals surface area (Å²) >= 11 is 0. The van der Waals surface area contributed by atoms with Gasteiger partial charge in [-0.15, -0.1) is 0 Å². The largest absolute Gasteiger partial charge is 0.458 e. The van der Waals surface area contributed by atoms with Gasteiger partial charge in [0.2, 0.25) is 5.78 Å². The maximum Gasteiger partial charge on any atom is 0.338 e. The fourth-order valence-electron chi connectivity index (χ4n) is 9.11. The average molecular weight is 655 g/mol. The fourth-order valence-corrected chi connectivity index (χ4v) is 10.2. The maximum atomic E-state index is 15.2. The van der Waals surface area contributed by atoms with Crippen LogP contribution >= 0.6 is 0 Å². The second kappa shape index (κ2) is 11.4. The zero-order valence-corrected chi connectivity index (χ0v) is 30.1. The predicted octanol–water partition coefficient (Wildman–Crippen LogP) is 6.06. The Hall–Kier alpha value is -2.82. The van der Waals surface area contributed by atoms with Gasteiger partial charge in [0.25, 0.3) is 0 Å². The third kappa shape index (κ3) is 5.19. The lowest BCUT2D eigenvalue weighted by Crippen LogP contribution is -2.79. The molecule has 1 aromatic carbocycles. The van der Waals surface area contributed by atoms with Crippen LogP contribution in [0.25, 0.3) is 0 Å². The van der Waals surface area contributed by atoms with Crippen molar-refractivity contribution in [2.75, 3.05) is 6.61 Å². The van der Waals surface area contributed by atoms with Crippen LogP contribution in [0.4, 0.5) is 0 Å². The molecule has 4 aliphatic rings. The summed E-state index contributed by atoms with van der Waals surface area (Å²) in [5.41, 5.74) is -2.39. The van der Waals surface area contributed by atoms with Gasteiger partial charge in [0.05, 0.1) is 24.2 Å². The lowest BCUT2D eigenvalue weighted by atomic mass is 9.41. The van der Waals surface area contributed by atoms with Crippen molar-refractivity contribution >= 4 is 32.0 Å². The molecule has 2 saturated carbocycles. The average Bonchev–Trinajstić information content (AvgIpc) is 2.93. The number of Topliss-reactive ketones (excluding diaryl/α,β-unsaturated/α-hetero) is 1. The number of hydrogen-bond donors (Lipinski definition) is 0. The van der Waals surface area contributed by atoms with Crippen LogP contribution in [0.5, 0.6) is 0 Å². The van der Waals surface area contributed by atoms with Gasteiger partial charge in [0.15, 0.2) is 20.0 Å². The zero-order valence-electron chi connectivity index (χ0n) is 29.1. The molecule has 46 heavy (non-hydrogen) atoms. The highest BCUT2D eigenvalue weighted by atomic mass is 28.4. The van der Waals surface area contributed by atoms with Crippen LogP contribution < -0.4 is 0 Å². The van der Waals surface area contributed by atoms with E-state index in [1.165, 1.54) is 13.8 Å². The molecule has 5 rings (SSSR count). The van der Waals surface area contributed by atoms with Gasteiger partial charge in [-0.1, -0.05) is 52.8 Å². The van der Waals surface area contributed by atoms with Gasteiger partial charge in [-0.2, -0.15) is 0 Å². The number of fused-ring (bicyclic) bond motifs is 5. The number of ether oxygens (including phenoxy) is 4. The second-order valence-corrected chi connectivity index (χ2v) is 20.4. The van der Waals surface area contributed by atoms with E-state index in [1.807, 2.05) is 40.7 Å². The number of hydrogen-bond acceptors (Lipinski definition) is 9. The van der Waals surface area contributed by atoms with E-state index in [0.717, 1.165) is 5.57 Å². The van der Waals surface area contributed by atoms with E-state index in [9.17, 15) is 14.4 Å². The highest BCUT2D eigenvalue weighted by molar-refractivity contribution is 6.69. The Balaban J connectivity index is 1.87. The molecule has 1 aliphatic heterocycles. The summed E-state index contributed by atoms with van der Waals surface area (Å²) < 4.78 is 32.1. The van der Waals surface area contributed by atoms with Crippen LogP contribution in [0, 0.1) is 28.1 Å². The Morgan fingerprint density at radius 2 is 1.59 bits per heavy atom. The SMILES string of the molecule is CC(=O)O[C@@H]1C(=O)C2=C(C)[C@@H](O[Si](C)(C)C)C[C@@](C)(C(OC(=O)c3ccccc3)C3[C@@]1(C)[C@@H](C)C[C@H]1OC[C@@]31OC(C)=O)C2(C)C. The summed E-state index contributed by atoms with van der Waals surface area (Å²) in [5, 5.41) is 0. The maximum absolute atomic E-state index is 15.2. The monoisotopic (exact) mass is 654 g/mol. The van der Waals surface area contributed by atoms with Crippen molar-refractivity contribution in [3.05, 3.63) is 47.0 Å². The smallest absolute Gasteiger partial charge is 0.338 e. The quantitative estimate of drug-likeness (QED) is 0.205. The number of carbonyl (C=O) groups excluding carboxylic acids is 4. The standard InChI is InChI=1S/C36H50O9Si/c1-20-17-26-36(19-41-26,44-23(4)38)29-31(43-32(40)24-15-13-12-14-16-24)34(7)18-25(45-46(9,10)11)21(2)27(33(34,5)6)28(39)30(35(20,29)8)42-22(3)37/h12-16,20,25-26,29-31H,17-19H2,1-11H3/t20-,25-,26+,29?,30+,31?,34-,35+,36-/m0/s1. The molecule has 252 valence electrons. The number of benzene rings is 1. The molecule has 10 heteroatoms. The Bertz CT molecular complexity index is 1460. The van der Waals surface area contributed by atoms with Crippen LogP contribution in [0.1, 0.15) is 78.6 Å². The van der Waals surface area contributed by atoms with E-state index in [-0.39, 0.29) is 18.3 Å². The molecule has 9 atom stereocenters. The topological polar surface area (TPSA) is 114 Å². The summed E-state index contributed by atoms with van der Waals surface area (Å²) in [6.07, 6.45) is -2.16. The molecule has 1 saturated heterocycles. The molecule has 3 aliphatic carbocycles. The third-order valence-corrected chi connectivity index (χ3v) is 12.7. The second-order valence-electron chi connectivity index (χ2n) is 15.9. The first-order valence-corrected chi connectivity index (χ1v) is 19.8. The van der Waals surface area contributed by atoms with Gasteiger partial charge in [-0.25, -0.2) is 4.79 Å². The van der Waals surface area contributed by atoms with E-state index < -0.39 is 78.4 Å². The number of ketones is 1. The first kappa shape index (κ1) is 34.5. The van der Waals surface area contributed by atoms with Crippen molar-refractivity contribution in [3.8, 4) is 0 Å². The first-order valence-electron chi connectivity index (χ1n) is 16.4. The molecular formula is C36H50O9Si. The molecule has 0 amide bonds. The molecule has 1 heterocycles. The van der Waals surface area contributed by atoms with Crippen molar-refractivity contribution < 1.29 is 42.6 Å². The normalized spacial score (nSPS) is 38.3. The molecule has 1 aromatic rings. The van der Waals surface area contributed by atoms with Crippen LogP contribution in [0.15, 0.2) is 41.5 Å². The minimum absolute atomic E-state index is 0.0671.